The van der Waals surface area contributed by atoms with E-state index in [9.17, 15) is 4.79 Å². The number of nitrogens with zero attached hydrogens (tertiary/aromatic N) is 3. The number of amides is 2. The maximum absolute atomic E-state index is 12.0. The van der Waals surface area contributed by atoms with Gasteiger partial charge in [0.25, 0.3) is 0 Å². The summed E-state index contributed by atoms with van der Waals surface area (Å²) in [7, 11) is 3.12. The van der Waals surface area contributed by atoms with E-state index in [-0.39, 0.29) is 0 Å². The van der Waals surface area contributed by atoms with E-state index in [1.165, 1.54) is 6.21 Å². The van der Waals surface area contributed by atoms with Crippen LogP contribution in [-0.2, 0) is 0 Å². The minimum absolute atomic E-state index is 0.475. The highest BCUT2D eigenvalue weighted by Crippen LogP contribution is 2.26. The summed E-state index contributed by atoms with van der Waals surface area (Å²) in [5.41, 5.74) is 5.11. The fourth-order valence-electron chi connectivity index (χ4n) is 2.16. The van der Waals surface area contributed by atoms with Crippen molar-refractivity contribution < 1.29 is 14.3 Å². The summed E-state index contributed by atoms with van der Waals surface area (Å²) in [5, 5.41) is 6.61. The Morgan fingerprint density at radius 1 is 1.16 bits per heavy atom. The molecule has 8 nitrogen and oxygen atoms in total. The second-order valence-electron chi connectivity index (χ2n) is 4.88. The Morgan fingerprint density at radius 2 is 2.00 bits per heavy atom. The third-order valence-corrected chi connectivity index (χ3v) is 3.86. The predicted molar refractivity (Wildman–Crippen MR) is 96.7 cm³/mol. The fraction of sp³-hybridized carbons (Fsp3) is 0.125. The molecule has 2 N–H and O–H groups in total. The minimum Gasteiger partial charge on any atom is -0.493 e. The molecule has 0 spiro atoms. The lowest BCUT2D eigenvalue weighted by molar-refractivity contribution is 0.252. The van der Waals surface area contributed by atoms with Crippen LogP contribution in [0.15, 0.2) is 41.5 Å². The van der Waals surface area contributed by atoms with Crippen molar-refractivity contribution in [1.29, 1.82) is 0 Å². The standard InChI is InChI=1S/C16H15N5O3S/c1-23-13-7-6-10(8-14(13)24-2)9-17-19-16(22)18-11-4-3-5-12-15(11)21-25-20-12/h3-9H,1-2H3,(H2,18,19,22)/b17-9-. The van der Waals surface area contributed by atoms with E-state index in [2.05, 4.69) is 24.6 Å². The molecule has 2 aromatic carbocycles. The molecule has 0 unspecified atom stereocenters. The van der Waals surface area contributed by atoms with Crippen molar-refractivity contribution in [2.75, 3.05) is 19.5 Å². The zero-order valence-corrected chi connectivity index (χ0v) is 14.3. The van der Waals surface area contributed by atoms with Gasteiger partial charge in [-0.25, -0.2) is 10.2 Å². The molecule has 0 atom stereocenters. The van der Waals surface area contributed by atoms with Gasteiger partial charge in [0.15, 0.2) is 11.5 Å². The number of ether oxygens (including phenoxy) is 2. The number of hydrazone groups is 1. The summed E-state index contributed by atoms with van der Waals surface area (Å²) in [4.78, 5) is 12.0. The number of methoxy groups -OCH3 is 2. The van der Waals surface area contributed by atoms with Gasteiger partial charge in [-0.15, -0.1) is 0 Å². The second-order valence-corrected chi connectivity index (χ2v) is 5.40. The van der Waals surface area contributed by atoms with Crippen molar-refractivity contribution in [2.24, 2.45) is 5.10 Å². The first kappa shape index (κ1) is 16.7. The Hall–Kier alpha value is -3.20. The number of fused-ring (bicyclic) bond motifs is 1. The van der Waals surface area contributed by atoms with E-state index in [4.69, 9.17) is 9.47 Å². The van der Waals surface area contributed by atoms with Crippen molar-refractivity contribution in [3.63, 3.8) is 0 Å². The Labute approximate surface area is 147 Å². The number of hydrogen-bond donors (Lipinski definition) is 2. The van der Waals surface area contributed by atoms with Gasteiger partial charge in [-0.2, -0.15) is 13.8 Å². The summed E-state index contributed by atoms with van der Waals surface area (Å²) in [5.74, 6) is 1.20. The largest absolute Gasteiger partial charge is 0.493 e. The van der Waals surface area contributed by atoms with E-state index in [1.54, 1.807) is 44.6 Å². The zero-order chi connectivity index (χ0) is 17.6. The van der Waals surface area contributed by atoms with Gasteiger partial charge in [-0.1, -0.05) is 6.07 Å². The third-order valence-electron chi connectivity index (χ3n) is 3.32. The van der Waals surface area contributed by atoms with E-state index >= 15 is 0 Å². The highest BCUT2D eigenvalue weighted by atomic mass is 32.1. The van der Waals surface area contributed by atoms with Gasteiger partial charge in [0.1, 0.15) is 11.0 Å². The zero-order valence-electron chi connectivity index (χ0n) is 13.5. The summed E-state index contributed by atoms with van der Waals surface area (Å²) in [6.45, 7) is 0. The molecule has 0 fully saturated rings. The van der Waals surface area contributed by atoms with Crippen molar-refractivity contribution in [3.8, 4) is 11.5 Å². The van der Waals surface area contributed by atoms with E-state index in [0.717, 1.165) is 22.8 Å². The van der Waals surface area contributed by atoms with Crippen molar-refractivity contribution in [1.82, 2.24) is 14.2 Å². The maximum atomic E-state index is 12.0. The third kappa shape index (κ3) is 3.83. The molecule has 1 aromatic heterocycles. The molecule has 3 rings (SSSR count). The number of carbonyl (C=O) groups is 1. The highest BCUT2D eigenvalue weighted by Gasteiger charge is 2.07. The smallest absolute Gasteiger partial charge is 0.339 e. The lowest BCUT2D eigenvalue weighted by atomic mass is 10.2. The lowest BCUT2D eigenvalue weighted by Crippen LogP contribution is -2.24. The fourth-order valence-corrected chi connectivity index (χ4v) is 2.71. The van der Waals surface area contributed by atoms with Gasteiger partial charge in [0.05, 0.1) is 37.8 Å². The number of nitrogens with one attached hydrogen (secondary N) is 2. The van der Waals surface area contributed by atoms with Crippen LogP contribution in [-0.4, -0.2) is 35.2 Å². The summed E-state index contributed by atoms with van der Waals surface area (Å²) in [6.07, 6.45) is 1.51. The topological polar surface area (TPSA) is 97.7 Å². The van der Waals surface area contributed by atoms with Crippen LogP contribution >= 0.6 is 11.7 Å². The van der Waals surface area contributed by atoms with Gasteiger partial charge >= 0.3 is 6.03 Å². The highest BCUT2D eigenvalue weighted by molar-refractivity contribution is 7.00. The second kappa shape index (κ2) is 7.58. The van der Waals surface area contributed by atoms with Gasteiger partial charge in [0, 0.05) is 0 Å². The van der Waals surface area contributed by atoms with Crippen LogP contribution in [0.4, 0.5) is 10.5 Å². The number of anilines is 1. The SMILES string of the molecule is COc1ccc(/C=N\NC(=O)Nc2cccc3nsnc23)cc1OC. The normalized spacial score (nSPS) is 10.8. The first-order valence-electron chi connectivity index (χ1n) is 7.24. The molecule has 0 saturated carbocycles. The van der Waals surface area contributed by atoms with Crippen LogP contribution in [0.3, 0.4) is 0 Å². The molecule has 1 heterocycles. The molecular formula is C16H15N5O3S. The lowest BCUT2D eigenvalue weighted by Gasteiger charge is -2.07. The molecule has 0 aliphatic rings. The van der Waals surface area contributed by atoms with E-state index in [0.29, 0.717) is 22.7 Å². The van der Waals surface area contributed by atoms with Crippen LogP contribution in [0.1, 0.15) is 5.56 Å². The Bertz CT molecular complexity index is 925. The Morgan fingerprint density at radius 3 is 2.80 bits per heavy atom. The monoisotopic (exact) mass is 357 g/mol. The van der Waals surface area contributed by atoms with Gasteiger partial charge in [-0.3, -0.25) is 0 Å². The quantitative estimate of drug-likeness (QED) is 0.540. The molecule has 3 aromatic rings. The number of carbonyl (C=O) groups excluding carboxylic acids is 1. The molecule has 0 aliphatic heterocycles. The van der Waals surface area contributed by atoms with Crippen LogP contribution < -0.4 is 20.2 Å². The predicted octanol–water partition coefficient (Wildman–Crippen LogP) is 2.86. The molecule has 25 heavy (non-hydrogen) atoms. The van der Waals surface area contributed by atoms with E-state index in [1.807, 2.05) is 6.07 Å². The number of rotatable bonds is 5. The molecule has 0 saturated heterocycles. The Kier molecular flexibility index (Phi) is 5.05. The average molecular weight is 357 g/mol. The molecule has 0 bridgehead atoms. The van der Waals surface area contributed by atoms with Crippen LogP contribution in [0.25, 0.3) is 11.0 Å². The van der Waals surface area contributed by atoms with Crippen molar-refractivity contribution >= 4 is 40.7 Å². The molecule has 128 valence electrons. The molecule has 2 amide bonds. The van der Waals surface area contributed by atoms with Gasteiger partial charge in [0.2, 0.25) is 0 Å². The summed E-state index contributed by atoms with van der Waals surface area (Å²) < 4.78 is 18.7. The number of urea groups is 1. The first-order chi connectivity index (χ1) is 12.2. The van der Waals surface area contributed by atoms with Crippen molar-refractivity contribution in [2.45, 2.75) is 0 Å². The average Bonchev–Trinajstić information content (AvgIpc) is 3.11. The molecule has 0 radical (unpaired) electrons. The summed E-state index contributed by atoms with van der Waals surface area (Å²) in [6, 6.07) is 10.2. The molecule has 0 aliphatic carbocycles. The minimum atomic E-state index is -0.475. The molecular weight excluding hydrogens is 342 g/mol. The molecule has 9 heteroatoms. The van der Waals surface area contributed by atoms with E-state index < -0.39 is 6.03 Å². The van der Waals surface area contributed by atoms with Crippen LogP contribution in [0.2, 0.25) is 0 Å². The Balaban J connectivity index is 1.64. The maximum Gasteiger partial charge on any atom is 0.339 e. The van der Waals surface area contributed by atoms with Crippen LogP contribution in [0.5, 0.6) is 11.5 Å². The first-order valence-corrected chi connectivity index (χ1v) is 7.97. The summed E-state index contributed by atoms with van der Waals surface area (Å²) >= 11 is 1.09. The number of aromatic nitrogens is 2. The van der Waals surface area contributed by atoms with Crippen molar-refractivity contribution in [3.05, 3.63) is 42.0 Å². The van der Waals surface area contributed by atoms with Gasteiger partial charge in [-0.05, 0) is 35.9 Å². The number of hydrogen-bond acceptors (Lipinski definition) is 7. The van der Waals surface area contributed by atoms with Crippen LogP contribution in [0, 0.1) is 0 Å². The number of benzene rings is 2. The van der Waals surface area contributed by atoms with Gasteiger partial charge < -0.3 is 14.8 Å².